The minimum atomic E-state index is -0.398. The Bertz CT molecular complexity index is 217. The van der Waals surface area contributed by atoms with E-state index in [1.807, 2.05) is 34.6 Å². The maximum absolute atomic E-state index is 11.4. The van der Waals surface area contributed by atoms with Crippen molar-refractivity contribution in [3.8, 4) is 0 Å². The maximum atomic E-state index is 11.4. The van der Waals surface area contributed by atoms with Gasteiger partial charge >= 0.3 is 6.03 Å². The van der Waals surface area contributed by atoms with Crippen LogP contribution in [0.25, 0.3) is 0 Å². The molecule has 4 heteroatoms. The van der Waals surface area contributed by atoms with Gasteiger partial charge in [0.1, 0.15) is 0 Å². The van der Waals surface area contributed by atoms with Gasteiger partial charge in [-0.15, -0.1) is 0 Å². The standard InChI is InChI=1S/C10H20N2O2/c1-7(2)12-9(14)11-6-8(13)10(3,4)5/h7H,6H2,1-5H3,(H2,11,12,14). The molecule has 0 aromatic heterocycles. The van der Waals surface area contributed by atoms with Crippen LogP contribution in [0, 0.1) is 5.41 Å². The lowest BCUT2D eigenvalue weighted by atomic mass is 9.91. The lowest BCUT2D eigenvalue weighted by Crippen LogP contribution is -2.43. The number of hydrogen-bond acceptors (Lipinski definition) is 2. The molecule has 0 atom stereocenters. The summed E-state index contributed by atoms with van der Waals surface area (Å²) in [4.78, 5) is 22.5. The number of urea groups is 1. The Hall–Kier alpha value is -1.06. The van der Waals surface area contributed by atoms with E-state index in [1.54, 1.807) is 0 Å². The number of amides is 2. The van der Waals surface area contributed by atoms with Crippen molar-refractivity contribution in [1.82, 2.24) is 10.6 Å². The van der Waals surface area contributed by atoms with Crippen LogP contribution in [0.5, 0.6) is 0 Å². The Kier molecular flexibility index (Phi) is 4.60. The SMILES string of the molecule is CC(C)NC(=O)NCC(=O)C(C)(C)C. The average molecular weight is 200 g/mol. The molecule has 0 unspecified atom stereocenters. The first-order valence-electron chi connectivity index (χ1n) is 4.81. The third-order valence-electron chi connectivity index (χ3n) is 1.67. The van der Waals surface area contributed by atoms with Crippen LogP contribution in [0.2, 0.25) is 0 Å². The molecule has 0 saturated heterocycles. The monoisotopic (exact) mass is 200 g/mol. The van der Waals surface area contributed by atoms with Crippen LogP contribution in [0.15, 0.2) is 0 Å². The molecular weight excluding hydrogens is 180 g/mol. The fourth-order valence-corrected chi connectivity index (χ4v) is 0.739. The van der Waals surface area contributed by atoms with Gasteiger partial charge in [-0.2, -0.15) is 0 Å². The van der Waals surface area contributed by atoms with Crippen molar-refractivity contribution in [2.24, 2.45) is 5.41 Å². The van der Waals surface area contributed by atoms with Gasteiger partial charge in [-0.1, -0.05) is 20.8 Å². The van der Waals surface area contributed by atoms with E-state index in [-0.39, 0.29) is 24.4 Å². The van der Waals surface area contributed by atoms with Gasteiger partial charge in [-0.3, -0.25) is 4.79 Å². The Morgan fingerprint density at radius 1 is 1.21 bits per heavy atom. The molecule has 0 fully saturated rings. The number of ketones is 1. The molecule has 0 heterocycles. The van der Waals surface area contributed by atoms with Gasteiger partial charge in [-0.25, -0.2) is 4.79 Å². The zero-order chi connectivity index (χ0) is 11.4. The van der Waals surface area contributed by atoms with E-state index in [9.17, 15) is 9.59 Å². The van der Waals surface area contributed by atoms with Gasteiger partial charge in [0.25, 0.3) is 0 Å². The first kappa shape index (κ1) is 12.9. The summed E-state index contributed by atoms with van der Waals surface area (Å²) >= 11 is 0. The number of carbonyl (C=O) groups is 2. The molecule has 0 aromatic carbocycles. The third kappa shape index (κ3) is 5.56. The molecule has 2 amide bonds. The molecule has 0 saturated carbocycles. The van der Waals surface area contributed by atoms with Crippen molar-refractivity contribution >= 4 is 11.8 Å². The van der Waals surface area contributed by atoms with Crippen LogP contribution in [0.3, 0.4) is 0 Å². The summed E-state index contributed by atoms with van der Waals surface area (Å²) in [5.41, 5.74) is -0.398. The second-order valence-corrected chi connectivity index (χ2v) is 4.65. The summed E-state index contributed by atoms with van der Waals surface area (Å²) in [6, 6.07) is -0.211. The van der Waals surface area contributed by atoms with Crippen LogP contribution < -0.4 is 10.6 Å². The van der Waals surface area contributed by atoms with E-state index in [1.165, 1.54) is 0 Å². The second-order valence-electron chi connectivity index (χ2n) is 4.65. The molecule has 0 aliphatic rings. The van der Waals surface area contributed by atoms with E-state index in [4.69, 9.17) is 0 Å². The van der Waals surface area contributed by atoms with E-state index < -0.39 is 5.41 Å². The van der Waals surface area contributed by atoms with E-state index in [2.05, 4.69) is 10.6 Å². The van der Waals surface area contributed by atoms with Crippen LogP contribution in [-0.4, -0.2) is 24.4 Å². The van der Waals surface area contributed by atoms with Crippen LogP contribution in [0.4, 0.5) is 4.79 Å². The van der Waals surface area contributed by atoms with Crippen molar-refractivity contribution in [3.05, 3.63) is 0 Å². The Balaban J connectivity index is 3.84. The van der Waals surface area contributed by atoms with Crippen molar-refractivity contribution < 1.29 is 9.59 Å². The number of rotatable bonds is 3. The van der Waals surface area contributed by atoms with Crippen LogP contribution >= 0.6 is 0 Å². The fraction of sp³-hybridized carbons (Fsp3) is 0.800. The van der Waals surface area contributed by atoms with E-state index >= 15 is 0 Å². The predicted octanol–water partition coefficient (Wildman–Crippen LogP) is 1.31. The van der Waals surface area contributed by atoms with Gasteiger partial charge in [0.05, 0.1) is 6.54 Å². The van der Waals surface area contributed by atoms with Gasteiger partial charge in [0, 0.05) is 11.5 Å². The minimum absolute atomic E-state index is 0.0245. The van der Waals surface area contributed by atoms with Crippen LogP contribution in [-0.2, 0) is 4.79 Å². The Morgan fingerprint density at radius 2 is 1.71 bits per heavy atom. The van der Waals surface area contributed by atoms with Crippen molar-refractivity contribution in [2.75, 3.05) is 6.54 Å². The van der Waals surface area contributed by atoms with Gasteiger partial charge in [0.2, 0.25) is 0 Å². The van der Waals surface area contributed by atoms with Gasteiger partial charge in [0.15, 0.2) is 5.78 Å². The second kappa shape index (κ2) is 4.98. The number of Topliss-reactive ketones (excluding diaryl/α,β-unsaturated/α-hetero) is 1. The van der Waals surface area contributed by atoms with Gasteiger partial charge < -0.3 is 10.6 Å². The van der Waals surface area contributed by atoms with E-state index in [0.717, 1.165) is 0 Å². The summed E-state index contributed by atoms with van der Waals surface area (Å²) in [6.45, 7) is 9.31. The molecular formula is C10H20N2O2. The molecule has 0 aliphatic heterocycles. The summed E-state index contributed by atoms with van der Waals surface area (Å²) in [5, 5.41) is 5.17. The Labute approximate surface area is 85.4 Å². The topological polar surface area (TPSA) is 58.2 Å². The summed E-state index contributed by atoms with van der Waals surface area (Å²) in [5.74, 6) is 0.0245. The zero-order valence-electron chi connectivity index (χ0n) is 9.60. The summed E-state index contributed by atoms with van der Waals surface area (Å²) in [6.07, 6.45) is 0. The number of nitrogens with one attached hydrogen (secondary N) is 2. The predicted molar refractivity (Wildman–Crippen MR) is 56.1 cm³/mol. The number of hydrogen-bond donors (Lipinski definition) is 2. The van der Waals surface area contributed by atoms with E-state index in [0.29, 0.717) is 0 Å². The first-order valence-corrected chi connectivity index (χ1v) is 4.81. The quantitative estimate of drug-likeness (QED) is 0.721. The molecule has 14 heavy (non-hydrogen) atoms. The molecule has 4 nitrogen and oxygen atoms in total. The minimum Gasteiger partial charge on any atom is -0.336 e. The molecule has 0 aliphatic carbocycles. The molecule has 0 radical (unpaired) electrons. The number of carbonyl (C=O) groups excluding carboxylic acids is 2. The highest BCUT2D eigenvalue weighted by molar-refractivity contribution is 5.88. The first-order chi connectivity index (χ1) is 6.23. The normalized spacial score (nSPS) is 11.3. The van der Waals surface area contributed by atoms with Crippen molar-refractivity contribution in [1.29, 1.82) is 0 Å². The molecule has 2 N–H and O–H groups in total. The van der Waals surface area contributed by atoms with Crippen LogP contribution in [0.1, 0.15) is 34.6 Å². The molecule has 0 spiro atoms. The lowest BCUT2D eigenvalue weighted by Gasteiger charge is -2.17. The summed E-state index contributed by atoms with van der Waals surface area (Å²) < 4.78 is 0. The largest absolute Gasteiger partial charge is 0.336 e. The zero-order valence-corrected chi connectivity index (χ0v) is 9.60. The Morgan fingerprint density at radius 3 is 2.07 bits per heavy atom. The molecule has 0 rings (SSSR count). The highest BCUT2D eigenvalue weighted by atomic mass is 16.2. The average Bonchev–Trinajstić information content (AvgIpc) is 1.96. The lowest BCUT2D eigenvalue weighted by molar-refractivity contribution is -0.125. The highest BCUT2D eigenvalue weighted by Crippen LogP contribution is 2.13. The smallest absolute Gasteiger partial charge is 0.315 e. The molecule has 0 aromatic rings. The molecule has 0 bridgehead atoms. The third-order valence-corrected chi connectivity index (χ3v) is 1.67. The van der Waals surface area contributed by atoms with Crippen molar-refractivity contribution in [2.45, 2.75) is 40.7 Å². The maximum Gasteiger partial charge on any atom is 0.315 e. The molecule has 82 valence electrons. The highest BCUT2D eigenvalue weighted by Gasteiger charge is 2.21. The fourth-order valence-electron chi connectivity index (χ4n) is 0.739. The van der Waals surface area contributed by atoms with Crippen molar-refractivity contribution in [3.63, 3.8) is 0 Å². The van der Waals surface area contributed by atoms with Gasteiger partial charge in [-0.05, 0) is 13.8 Å². The summed E-state index contributed by atoms with van der Waals surface area (Å²) in [7, 11) is 0.